The molecule has 0 saturated carbocycles. The number of nitrogens with one attached hydrogen (secondary N) is 1. The summed E-state index contributed by atoms with van der Waals surface area (Å²) in [4.78, 5) is 34.9. The first-order chi connectivity index (χ1) is 18.0. The number of carbonyl (C=O) groups excluding carboxylic acids is 2. The van der Waals surface area contributed by atoms with Crippen molar-refractivity contribution < 1.29 is 9.59 Å². The van der Waals surface area contributed by atoms with Crippen LogP contribution in [0.5, 0.6) is 0 Å². The molecule has 7 nitrogen and oxygen atoms in total. The van der Waals surface area contributed by atoms with Crippen LogP contribution in [0.1, 0.15) is 69.0 Å². The molecule has 188 valence electrons. The lowest BCUT2D eigenvalue weighted by Gasteiger charge is -2.32. The first-order valence-electron chi connectivity index (χ1n) is 12.9. The second kappa shape index (κ2) is 10.8. The van der Waals surface area contributed by atoms with Gasteiger partial charge in [-0.2, -0.15) is 5.26 Å². The molecule has 0 radical (unpaired) electrons. The van der Waals surface area contributed by atoms with Crippen molar-refractivity contribution in [1.82, 2.24) is 9.88 Å². The van der Waals surface area contributed by atoms with Crippen molar-refractivity contribution in [3.8, 4) is 6.07 Å². The molecule has 0 spiro atoms. The first kappa shape index (κ1) is 24.5. The molecule has 2 aliphatic heterocycles. The van der Waals surface area contributed by atoms with Gasteiger partial charge < -0.3 is 15.1 Å². The van der Waals surface area contributed by atoms with Gasteiger partial charge in [-0.25, -0.2) is 4.98 Å². The lowest BCUT2D eigenvalue weighted by Crippen LogP contribution is -2.38. The summed E-state index contributed by atoms with van der Waals surface area (Å²) in [6, 6.07) is 19.0. The molecular weight excluding hydrogens is 462 g/mol. The fourth-order valence-corrected chi connectivity index (χ4v) is 5.19. The molecule has 7 heteroatoms. The second-order valence-electron chi connectivity index (χ2n) is 9.88. The number of likely N-dealkylation sites (tertiary alicyclic amines) is 1. The number of amides is 2. The lowest BCUT2D eigenvalue weighted by atomic mass is 9.89. The van der Waals surface area contributed by atoms with Gasteiger partial charge in [0, 0.05) is 49.2 Å². The molecule has 2 amide bonds. The first-order valence-corrected chi connectivity index (χ1v) is 12.9. The van der Waals surface area contributed by atoms with Crippen LogP contribution >= 0.6 is 0 Å². The quantitative estimate of drug-likeness (QED) is 0.532. The third-order valence-electron chi connectivity index (χ3n) is 7.46. The summed E-state index contributed by atoms with van der Waals surface area (Å²) in [5.74, 6) is 0.985. The maximum atomic E-state index is 13.3. The average Bonchev–Trinajstić information content (AvgIpc) is 3.49. The van der Waals surface area contributed by atoms with Crippen molar-refractivity contribution in [2.75, 3.05) is 36.4 Å². The van der Waals surface area contributed by atoms with Crippen LogP contribution in [0.25, 0.3) is 0 Å². The number of rotatable bonds is 5. The predicted molar refractivity (Wildman–Crippen MR) is 144 cm³/mol. The minimum Gasteiger partial charge on any atom is -0.357 e. The van der Waals surface area contributed by atoms with Crippen LogP contribution in [-0.4, -0.2) is 47.9 Å². The number of anilines is 2. The highest BCUT2D eigenvalue weighted by Gasteiger charge is 2.25. The molecule has 0 unspecified atom stereocenters. The Bertz CT molecular complexity index is 1330. The van der Waals surface area contributed by atoms with Gasteiger partial charge in [-0.1, -0.05) is 18.2 Å². The minimum absolute atomic E-state index is 0.0194. The van der Waals surface area contributed by atoms with Crippen LogP contribution in [0.3, 0.4) is 0 Å². The summed E-state index contributed by atoms with van der Waals surface area (Å²) in [6.45, 7) is 5.21. The van der Waals surface area contributed by atoms with Crippen molar-refractivity contribution in [2.45, 2.75) is 38.5 Å². The molecule has 1 aromatic heterocycles. The largest absolute Gasteiger partial charge is 0.357 e. The Hall–Kier alpha value is -4.18. The summed E-state index contributed by atoms with van der Waals surface area (Å²) >= 11 is 0. The van der Waals surface area contributed by atoms with Gasteiger partial charge >= 0.3 is 0 Å². The maximum absolute atomic E-state index is 13.3. The van der Waals surface area contributed by atoms with E-state index >= 15 is 0 Å². The molecule has 5 rings (SSSR count). The van der Waals surface area contributed by atoms with E-state index in [0.717, 1.165) is 50.2 Å². The molecule has 2 aromatic carbocycles. The average molecular weight is 494 g/mol. The Kier molecular flexibility index (Phi) is 7.18. The van der Waals surface area contributed by atoms with Crippen LogP contribution in [0, 0.1) is 18.3 Å². The predicted octanol–water partition coefficient (Wildman–Crippen LogP) is 5.13. The van der Waals surface area contributed by atoms with E-state index in [0.29, 0.717) is 41.4 Å². The van der Waals surface area contributed by atoms with Gasteiger partial charge in [0.25, 0.3) is 11.8 Å². The fourth-order valence-electron chi connectivity index (χ4n) is 5.19. The highest BCUT2D eigenvalue weighted by atomic mass is 16.2. The van der Waals surface area contributed by atoms with Crippen LogP contribution in [0.2, 0.25) is 0 Å². The Labute approximate surface area is 217 Å². The molecule has 2 fully saturated rings. The summed E-state index contributed by atoms with van der Waals surface area (Å²) in [6.07, 6.45) is 5.73. The lowest BCUT2D eigenvalue weighted by molar-refractivity contribution is 0.0712. The Morgan fingerprint density at radius 1 is 0.946 bits per heavy atom. The van der Waals surface area contributed by atoms with Crippen molar-refractivity contribution in [2.24, 2.45) is 0 Å². The number of pyridine rings is 1. The van der Waals surface area contributed by atoms with E-state index in [1.54, 1.807) is 18.3 Å². The van der Waals surface area contributed by atoms with Gasteiger partial charge in [0.15, 0.2) is 0 Å². The molecule has 2 aliphatic rings. The van der Waals surface area contributed by atoms with Crippen LogP contribution in [0.4, 0.5) is 11.5 Å². The van der Waals surface area contributed by atoms with Crippen LogP contribution in [0.15, 0.2) is 60.8 Å². The van der Waals surface area contributed by atoms with Gasteiger partial charge in [-0.15, -0.1) is 0 Å². The number of hydrogen-bond acceptors (Lipinski definition) is 5. The van der Waals surface area contributed by atoms with Crippen molar-refractivity contribution in [1.29, 1.82) is 5.26 Å². The van der Waals surface area contributed by atoms with E-state index in [2.05, 4.69) is 21.3 Å². The van der Waals surface area contributed by atoms with Gasteiger partial charge in [-0.05, 0) is 86.1 Å². The van der Waals surface area contributed by atoms with Crippen LogP contribution < -0.4 is 10.2 Å². The van der Waals surface area contributed by atoms with Gasteiger partial charge in [0.2, 0.25) is 0 Å². The Morgan fingerprint density at radius 2 is 1.68 bits per heavy atom. The minimum atomic E-state index is -0.209. The normalized spacial score (nSPS) is 15.9. The number of carbonyl (C=O) groups is 2. The monoisotopic (exact) mass is 493 g/mol. The molecule has 3 aromatic rings. The van der Waals surface area contributed by atoms with Crippen molar-refractivity contribution in [3.63, 3.8) is 0 Å². The molecule has 3 heterocycles. The highest BCUT2D eigenvalue weighted by Crippen LogP contribution is 2.29. The molecular formula is C30H31N5O2. The molecule has 2 saturated heterocycles. The summed E-state index contributed by atoms with van der Waals surface area (Å²) < 4.78 is 0. The van der Waals surface area contributed by atoms with Crippen LogP contribution in [-0.2, 0) is 0 Å². The Morgan fingerprint density at radius 3 is 2.38 bits per heavy atom. The van der Waals surface area contributed by atoms with Crippen molar-refractivity contribution >= 4 is 23.3 Å². The summed E-state index contributed by atoms with van der Waals surface area (Å²) in [5.41, 5.74) is 4.55. The van der Waals surface area contributed by atoms with Gasteiger partial charge in [0.1, 0.15) is 5.82 Å². The standard InChI is InChI=1S/C30H31N5O2/c1-21-4-7-26(30(37)35-16-11-24(12-17-35)23-8-5-22(20-31)6-9-23)18-27(21)33-29(36)25-10-13-32-28(19-25)34-14-2-3-15-34/h4-10,13,18-19,24H,2-3,11-12,14-17H2,1H3,(H,33,36). The molecule has 0 bridgehead atoms. The summed E-state index contributed by atoms with van der Waals surface area (Å²) in [7, 11) is 0. The number of hydrogen-bond donors (Lipinski definition) is 1. The zero-order valence-electron chi connectivity index (χ0n) is 21.1. The number of nitriles is 1. The van der Waals surface area contributed by atoms with E-state index < -0.39 is 0 Å². The highest BCUT2D eigenvalue weighted by molar-refractivity contribution is 6.06. The van der Waals surface area contributed by atoms with Gasteiger partial charge in [0.05, 0.1) is 11.6 Å². The van der Waals surface area contributed by atoms with Crippen molar-refractivity contribution in [3.05, 3.63) is 88.6 Å². The Balaban J connectivity index is 1.24. The third-order valence-corrected chi connectivity index (χ3v) is 7.46. The van der Waals surface area contributed by atoms with Gasteiger partial charge in [-0.3, -0.25) is 9.59 Å². The second-order valence-corrected chi connectivity index (χ2v) is 9.88. The molecule has 0 atom stereocenters. The molecule has 0 aliphatic carbocycles. The van der Waals surface area contributed by atoms with E-state index in [9.17, 15) is 9.59 Å². The van der Waals surface area contributed by atoms with E-state index in [4.69, 9.17) is 5.26 Å². The number of aryl methyl sites for hydroxylation is 1. The number of benzene rings is 2. The zero-order valence-corrected chi connectivity index (χ0v) is 21.1. The maximum Gasteiger partial charge on any atom is 0.255 e. The number of aromatic nitrogens is 1. The van der Waals surface area contributed by atoms with E-state index in [1.807, 2.05) is 54.3 Å². The fraction of sp³-hybridized carbons (Fsp3) is 0.333. The molecule has 37 heavy (non-hydrogen) atoms. The summed E-state index contributed by atoms with van der Waals surface area (Å²) in [5, 5.41) is 12.0. The number of piperidine rings is 1. The molecule has 1 N–H and O–H groups in total. The topological polar surface area (TPSA) is 89.3 Å². The SMILES string of the molecule is Cc1ccc(C(=O)N2CCC(c3ccc(C#N)cc3)CC2)cc1NC(=O)c1ccnc(N2CCCC2)c1. The third kappa shape index (κ3) is 5.49. The number of nitrogens with zero attached hydrogens (tertiary/aromatic N) is 4. The smallest absolute Gasteiger partial charge is 0.255 e. The van der Waals surface area contributed by atoms with E-state index in [1.165, 1.54) is 5.56 Å². The zero-order chi connectivity index (χ0) is 25.8. The van der Waals surface area contributed by atoms with E-state index in [-0.39, 0.29) is 11.8 Å².